The average Bonchev–Trinajstić information content (AvgIpc) is 3.17. The van der Waals surface area contributed by atoms with Gasteiger partial charge in [0.1, 0.15) is 0 Å². The molecule has 2 aliphatic rings. The maximum atomic E-state index is 12.5. The number of hydrogen-bond acceptors (Lipinski definition) is 6. The first kappa shape index (κ1) is 15.5. The van der Waals surface area contributed by atoms with Crippen LogP contribution in [0.25, 0.3) is 0 Å². The molecule has 24 heavy (non-hydrogen) atoms. The number of fused-ring (bicyclic) bond motifs is 1. The first-order valence-corrected chi connectivity index (χ1v) is 9.25. The van der Waals surface area contributed by atoms with E-state index in [4.69, 9.17) is 0 Å². The van der Waals surface area contributed by atoms with E-state index in [1.807, 2.05) is 31.1 Å². The molecule has 0 N–H and O–H groups in total. The number of carbonyl (C=O) groups excluding carboxylic acids is 1. The predicted octanol–water partition coefficient (Wildman–Crippen LogP) is 2.32. The van der Waals surface area contributed by atoms with Gasteiger partial charge in [0, 0.05) is 30.7 Å². The molecule has 0 radical (unpaired) electrons. The van der Waals surface area contributed by atoms with Crippen molar-refractivity contribution in [1.29, 1.82) is 0 Å². The Labute approximate surface area is 145 Å². The van der Waals surface area contributed by atoms with Crippen LogP contribution in [-0.2, 0) is 11.3 Å². The molecule has 0 unspecified atom stereocenters. The topological polar surface area (TPSA) is 62.2 Å². The molecule has 2 saturated heterocycles. The van der Waals surface area contributed by atoms with Gasteiger partial charge < -0.3 is 9.80 Å². The van der Waals surface area contributed by atoms with Gasteiger partial charge in [0.25, 0.3) is 0 Å². The number of aromatic nitrogens is 3. The van der Waals surface area contributed by atoms with Gasteiger partial charge in [0.05, 0.1) is 29.3 Å². The Morgan fingerprint density at radius 2 is 2.00 bits per heavy atom. The van der Waals surface area contributed by atoms with Gasteiger partial charge in [-0.2, -0.15) is 0 Å². The van der Waals surface area contributed by atoms with E-state index in [0.717, 1.165) is 41.6 Å². The molecule has 6 nitrogen and oxygen atoms in total. The molecule has 2 fully saturated rings. The summed E-state index contributed by atoms with van der Waals surface area (Å²) < 4.78 is 0. The smallest absolute Gasteiger partial charge is 0.225 e. The van der Waals surface area contributed by atoms with E-state index in [9.17, 15) is 4.79 Å². The number of anilines is 1. The molecule has 0 aromatic carbocycles. The minimum atomic E-state index is 0.234. The van der Waals surface area contributed by atoms with E-state index in [1.165, 1.54) is 0 Å². The molecule has 0 aliphatic carbocycles. The number of aryl methyl sites for hydroxylation is 2. The third-order valence-corrected chi connectivity index (χ3v) is 5.73. The third kappa shape index (κ3) is 2.77. The van der Waals surface area contributed by atoms with Crippen molar-refractivity contribution in [2.45, 2.75) is 51.7 Å². The van der Waals surface area contributed by atoms with E-state index in [1.54, 1.807) is 11.3 Å². The number of piperidine rings is 1. The Bertz CT molecular complexity index is 744. The van der Waals surface area contributed by atoms with Gasteiger partial charge in [-0.25, -0.2) is 15.0 Å². The zero-order valence-electron chi connectivity index (χ0n) is 14.0. The number of carbonyl (C=O) groups is 1. The highest BCUT2D eigenvalue weighted by molar-refractivity contribution is 7.09. The lowest BCUT2D eigenvalue weighted by molar-refractivity contribution is -0.137. The monoisotopic (exact) mass is 343 g/mol. The van der Waals surface area contributed by atoms with Crippen molar-refractivity contribution < 1.29 is 4.79 Å². The van der Waals surface area contributed by atoms with Gasteiger partial charge in [-0.05, 0) is 32.3 Å². The lowest BCUT2D eigenvalue weighted by Crippen LogP contribution is -2.52. The maximum Gasteiger partial charge on any atom is 0.225 e. The van der Waals surface area contributed by atoms with Crippen molar-refractivity contribution in [3.05, 3.63) is 34.0 Å². The van der Waals surface area contributed by atoms with Crippen LogP contribution in [0.3, 0.4) is 0 Å². The van der Waals surface area contributed by atoms with Gasteiger partial charge in [-0.1, -0.05) is 0 Å². The van der Waals surface area contributed by atoms with Crippen molar-refractivity contribution in [1.82, 2.24) is 19.9 Å². The van der Waals surface area contributed by atoms with Gasteiger partial charge in [-0.15, -0.1) is 11.3 Å². The largest absolute Gasteiger partial charge is 0.336 e. The molecule has 7 heteroatoms. The van der Waals surface area contributed by atoms with Crippen molar-refractivity contribution in [2.75, 3.05) is 11.4 Å². The Balaban J connectivity index is 1.55. The molecule has 2 aromatic heterocycles. The van der Waals surface area contributed by atoms with Crippen LogP contribution in [-0.4, -0.2) is 44.4 Å². The van der Waals surface area contributed by atoms with Crippen LogP contribution < -0.4 is 4.90 Å². The summed E-state index contributed by atoms with van der Waals surface area (Å²) in [5, 5.41) is 3.11. The summed E-state index contributed by atoms with van der Waals surface area (Å²) in [7, 11) is 0. The Kier molecular flexibility index (Phi) is 3.96. The zero-order chi connectivity index (χ0) is 16.7. The molecule has 4 rings (SSSR count). The lowest BCUT2D eigenvalue weighted by atomic mass is 9.96. The molecule has 2 aromatic rings. The number of amides is 1. The molecule has 4 heterocycles. The Morgan fingerprint density at radius 3 is 2.71 bits per heavy atom. The van der Waals surface area contributed by atoms with E-state index in [-0.39, 0.29) is 11.9 Å². The summed E-state index contributed by atoms with van der Waals surface area (Å²) in [6.45, 7) is 5.51. The molecule has 0 bridgehead atoms. The first-order chi connectivity index (χ1) is 11.6. The summed E-state index contributed by atoms with van der Waals surface area (Å²) in [6.07, 6.45) is 6.16. The molecule has 126 valence electrons. The first-order valence-electron chi connectivity index (χ1n) is 8.37. The second-order valence-electron chi connectivity index (χ2n) is 6.60. The minimum absolute atomic E-state index is 0.234. The van der Waals surface area contributed by atoms with E-state index in [0.29, 0.717) is 19.0 Å². The molecular formula is C17H21N5OS. The van der Waals surface area contributed by atoms with Gasteiger partial charge in [-0.3, -0.25) is 4.79 Å². The highest BCUT2D eigenvalue weighted by Crippen LogP contribution is 2.34. The molecule has 0 saturated carbocycles. The Morgan fingerprint density at radius 1 is 1.21 bits per heavy atom. The SMILES string of the molecule is Cc1cnc(N2CC[C@@H]3[C@H]2CCC(=O)N3Cc2csc(C)n2)nc1. The third-order valence-electron chi connectivity index (χ3n) is 4.91. The number of thiazole rings is 1. The van der Waals surface area contributed by atoms with E-state index >= 15 is 0 Å². The zero-order valence-corrected chi connectivity index (χ0v) is 14.8. The summed E-state index contributed by atoms with van der Waals surface area (Å²) >= 11 is 1.64. The van der Waals surface area contributed by atoms with Gasteiger partial charge in [0.15, 0.2) is 0 Å². The maximum absolute atomic E-state index is 12.5. The second kappa shape index (κ2) is 6.12. The average molecular weight is 343 g/mol. The fraction of sp³-hybridized carbons (Fsp3) is 0.529. The second-order valence-corrected chi connectivity index (χ2v) is 7.66. The summed E-state index contributed by atoms with van der Waals surface area (Å²) in [6, 6.07) is 0.545. The van der Waals surface area contributed by atoms with Gasteiger partial charge >= 0.3 is 0 Å². The summed E-state index contributed by atoms with van der Waals surface area (Å²) in [5.41, 5.74) is 2.06. The van der Waals surface area contributed by atoms with Crippen LogP contribution in [0.4, 0.5) is 5.95 Å². The van der Waals surface area contributed by atoms with Crippen LogP contribution in [0.15, 0.2) is 17.8 Å². The van der Waals surface area contributed by atoms with E-state index in [2.05, 4.69) is 25.2 Å². The highest BCUT2D eigenvalue weighted by atomic mass is 32.1. The molecule has 2 atom stereocenters. The predicted molar refractivity (Wildman–Crippen MR) is 92.9 cm³/mol. The van der Waals surface area contributed by atoms with Crippen LogP contribution in [0.1, 0.15) is 35.5 Å². The van der Waals surface area contributed by atoms with Crippen LogP contribution in [0, 0.1) is 13.8 Å². The highest BCUT2D eigenvalue weighted by Gasteiger charge is 2.44. The number of hydrogen-bond donors (Lipinski definition) is 0. The normalized spacial score (nSPS) is 23.7. The summed E-state index contributed by atoms with van der Waals surface area (Å²) in [4.78, 5) is 30.3. The van der Waals surface area contributed by atoms with Crippen molar-refractivity contribution >= 4 is 23.2 Å². The molecular weight excluding hydrogens is 322 g/mol. The molecule has 2 aliphatic heterocycles. The van der Waals surface area contributed by atoms with Crippen molar-refractivity contribution in [3.8, 4) is 0 Å². The van der Waals surface area contributed by atoms with Crippen LogP contribution in [0.2, 0.25) is 0 Å². The fourth-order valence-corrected chi connectivity index (χ4v) is 4.40. The number of nitrogens with zero attached hydrogens (tertiary/aromatic N) is 5. The molecule has 0 spiro atoms. The summed E-state index contributed by atoms with van der Waals surface area (Å²) in [5.74, 6) is 1.03. The minimum Gasteiger partial charge on any atom is -0.336 e. The van der Waals surface area contributed by atoms with Crippen LogP contribution in [0.5, 0.6) is 0 Å². The lowest BCUT2D eigenvalue weighted by Gasteiger charge is -2.39. The van der Waals surface area contributed by atoms with Gasteiger partial charge in [0.2, 0.25) is 11.9 Å². The quantitative estimate of drug-likeness (QED) is 0.856. The van der Waals surface area contributed by atoms with E-state index < -0.39 is 0 Å². The molecule has 1 amide bonds. The number of rotatable bonds is 3. The van der Waals surface area contributed by atoms with Crippen molar-refractivity contribution in [2.24, 2.45) is 0 Å². The Hall–Kier alpha value is -2.02. The standard InChI is InChI=1S/C17H21N5OS/c1-11-7-18-17(19-8-11)21-6-5-15-14(21)3-4-16(23)22(15)9-13-10-24-12(2)20-13/h7-8,10,14-15H,3-6,9H2,1-2H3/t14-,15-/m1/s1. The van der Waals surface area contributed by atoms with Crippen molar-refractivity contribution in [3.63, 3.8) is 0 Å². The number of likely N-dealkylation sites (tertiary alicyclic amines) is 1. The van der Waals surface area contributed by atoms with Crippen LogP contribution >= 0.6 is 11.3 Å². The fourth-order valence-electron chi connectivity index (χ4n) is 3.79.